The van der Waals surface area contributed by atoms with Crippen LogP contribution >= 0.6 is 23.4 Å². The molecule has 1 aliphatic heterocycles. The van der Waals surface area contributed by atoms with Crippen molar-refractivity contribution < 1.29 is 14.5 Å². The van der Waals surface area contributed by atoms with Crippen LogP contribution in [0.5, 0.6) is 0 Å². The summed E-state index contributed by atoms with van der Waals surface area (Å²) in [5.41, 5.74) is 2.04. The van der Waals surface area contributed by atoms with Gasteiger partial charge in [-0.05, 0) is 41.7 Å². The summed E-state index contributed by atoms with van der Waals surface area (Å²) < 4.78 is 0. The molecule has 0 saturated carbocycles. The normalized spacial score (nSPS) is 19.0. The average molecular weight is 508 g/mol. The van der Waals surface area contributed by atoms with Gasteiger partial charge in [0.25, 0.3) is 5.69 Å². The molecule has 9 heteroatoms. The van der Waals surface area contributed by atoms with Crippen molar-refractivity contribution in [3.63, 3.8) is 0 Å². The van der Waals surface area contributed by atoms with E-state index in [9.17, 15) is 25.0 Å². The molecular formula is C26H22ClN3O4S. The number of rotatable bonds is 6. The second-order valence-electron chi connectivity index (χ2n) is 9.32. The standard InChI is InChI=1S/C26H22ClN3O4S/c1-26(2)11-20-24(21(31)12-26)23(16-4-3-5-18(10-16)30(33)34)19(13-28)25(29-20)35-14-22(32)15-6-8-17(27)9-7-15/h3-10,23,29H,11-12,14H2,1-2H3/t23-/m0/s1. The number of hydrogen-bond acceptors (Lipinski definition) is 7. The van der Waals surface area contributed by atoms with E-state index < -0.39 is 10.8 Å². The second-order valence-corrected chi connectivity index (χ2v) is 10.7. The lowest BCUT2D eigenvalue weighted by Crippen LogP contribution is -2.37. The number of non-ortho nitro benzene ring substituents is 1. The Morgan fingerprint density at radius 1 is 1.26 bits per heavy atom. The molecule has 178 valence electrons. The van der Waals surface area contributed by atoms with Crippen LogP contribution in [0.25, 0.3) is 0 Å². The number of thioether (sulfide) groups is 1. The highest BCUT2D eigenvalue weighted by molar-refractivity contribution is 8.03. The van der Waals surface area contributed by atoms with Crippen molar-refractivity contribution in [3.05, 3.63) is 96.7 Å². The zero-order valence-electron chi connectivity index (χ0n) is 19.1. The minimum atomic E-state index is -0.743. The van der Waals surface area contributed by atoms with Gasteiger partial charge >= 0.3 is 0 Å². The van der Waals surface area contributed by atoms with Gasteiger partial charge in [0, 0.05) is 40.4 Å². The van der Waals surface area contributed by atoms with Crippen LogP contribution in [0, 0.1) is 26.9 Å². The zero-order chi connectivity index (χ0) is 25.3. The van der Waals surface area contributed by atoms with E-state index in [1.165, 1.54) is 23.9 Å². The van der Waals surface area contributed by atoms with Crippen molar-refractivity contribution in [1.82, 2.24) is 5.32 Å². The molecule has 0 amide bonds. The quantitative estimate of drug-likeness (QED) is 0.293. The summed E-state index contributed by atoms with van der Waals surface area (Å²) in [6, 6.07) is 14.8. The molecule has 1 aliphatic carbocycles. The molecule has 0 saturated heterocycles. The van der Waals surface area contributed by atoms with E-state index in [1.54, 1.807) is 36.4 Å². The third-order valence-electron chi connectivity index (χ3n) is 6.05. The van der Waals surface area contributed by atoms with Gasteiger partial charge in [0.15, 0.2) is 11.6 Å². The minimum absolute atomic E-state index is 0.0662. The molecule has 35 heavy (non-hydrogen) atoms. The maximum atomic E-state index is 13.3. The fourth-order valence-electron chi connectivity index (χ4n) is 4.50. The molecule has 0 spiro atoms. The number of nitro groups is 1. The molecule has 1 N–H and O–H groups in total. The van der Waals surface area contributed by atoms with Gasteiger partial charge < -0.3 is 5.32 Å². The van der Waals surface area contributed by atoms with Crippen molar-refractivity contribution in [3.8, 4) is 6.07 Å². The molecule has 7 nitrogen and oxygen atoms in total. The number of carbonyl (C=O) groups excluding carboxylic acids is 2. The Labute approximate surface area is 212 Å². The largest absolute Gasteiger partial charge is 0.352 e. The maximum Gasteiger partial charge on any atom is 0.269 e. The molecule has 0 radical (unpaired) electrons. The van der Waals surface area contributed by atoms with Crippen molar-refractivity contribution >= 4 is 40.6 Å². The molecule has 1 heterocycles. The molecule has 4 rings (SSSR count). The first-order valence-electron chi connectivity index (χ1n) is 10.9. The highest BCUT2D eigenvalue weighted by Gasteiger charge is 2.42. The summed E-state index contributed by atoms with van der Waals surface area (Å²) in [5, 5.41) is 25.8. The molecule has 2 aliphatic rings. The molecule has 0 bridgehead atoms. The number of carbonyl (C=O) groups is 2. The SMILES string of the molecule is CC1(C)CC(=O)C2=C(C1)NC(SCC(=O)c1ccc(Cl)cc1)=C(C#N)[C@@H]2c1cccc([N+](=O)[O-])c1. The summed E-state index contributed by atoms with van der Waals surface area (Å²) in [6.07, 6.45) is 0.891. The number of nitriles is 1. The Balaban J connectivity index is 1.75. The molecule has 2 aromatic carbocycles. The predicted molar refractivity (Wildman–Crippen MR) is 135 cm³/mol. The van der Waals surface area contributed by atoms with Crippen LogP contribution in [-0.2, 0) is 4.79 Å². The monoisotopic (exact) mass is 507 g/mol. The van der Waals surface area contributed by atoms with E-state index in [4.69, 9.17) is 11.6 Å². The third kappa shape index (κ3) is 5.16. The molecule has 0 fully saturated rings. The molecule has 2 aromatic rings. The van der Waals surface area contributed by atoms with E-state index in [0.717, 1.165) is 0 Å². The zero-order valence-corrected chi connectivity index (χ0v) is 20.7. The number of Topliss-reactive ketones (excluding diaryl/α,β-unsaturated/α-hetero) is 2. The Morgan fingerprint density at radius 3 is 2.63 bits per heavy atom. The number of ketones is 2. The predicted octanol–water partition coefficient (Wildman–Crippen LogP) is 5.93. The van der Waals surface area contributed by atoms with Gasteiger partial charge in [-0.1, -0.05) is 49.3 Å². The Bertz CT molecular complexity index is 1340. The summed E-state index contributed by atoms with van der Waals surface area (Å²) >= 11 is 7.10. The van der Waals surface area contributed by atoms with Crippen LogP contribution in [-0.4, -0.2) is 22.2 Å². The first kappa shape index (κ1) is 24.7. The Morgan fingerprint density at radius 2 is 1.97 bits per heavy atom. The van der Waals surface area contributed by atoms with Gasteiger partial charge in [-0.3, -0.25) is 19.7 Å². The highest BCUT2D eigenvalue weighted by atomic mass is 35.5. The fraction of sp³-hybridized carbons (Fsp3) is 0.269. The second kappa shape index (κ2) is 9.68. The minimum Gasteiger partial charge on any atom is -0.352 e. The maximum absolute atomic E-state index is 13.3. The van der Waals surface area contributed by atoms with E-state index in [1.807, 2.05) is 13.8 Å². The molecule has 1 atom stereocenters. The van der Waals surface area contributed by atoms with Gasteiger partial charge in [-0.2, -0.15) is 5.26 Å². The molecular weight excluding hydrogens is 486 g/mol. The van der Waals surface area contributed by atoms with Crippen molar-refractivity contribution in [2.24, 2.45) is 5.41 Å². The van der Waals surface area contributed by atoms with Crippen molar-refractivity contribution in [2.75, 3.05) is 5.75 Å². The van der Waals surface area contributed by atoms with Crippen LogP contribution in [0.1, 0.15) is 48.5 Å². The van der Waals surface area contributed by atoms with E-state index in [2.05, 4.69) is 11.4 Å². The average Bonchev–Trinajstić information content (AvgIpc) is 2.81. The topological polar surface area (TPSA) is 113 Å². The number of benzene rings is 2. The summed E-state index contributed by atoms with van der Waals surface area (Å²) in [6.45, 7) is 4.00. The smallest absolute Gasteiger partial charge is 0.269 e. The van der Waals surface area contributed by atoms with Crippen LogP contribution in [0.4, 0.5) is 5.69 Å². The van der Waals surface area contributed by atoms with Gasteiger partial charge in [-0.25, -0.2) is 0 Å². The molecule has 0 aromatic heterocycles. The summed E-state index contributed by atoms with van der Waals surface area (Å²) in [4.78, 5) is 36.9. The Kier molecular flexibility index (Phi) is 6.84. The van der Waals surface area contributed by atoms with E-state index in [-0.39, 0.29) is 34.0 Å². The number of nitrogens with zero attached hydrogens (tertiary/aromatic N) is 2. The first-order valence-corrected chi connectivity index (χ1v) is 12.3. The van der Waals surface area contributed by atoms with Crippen molar-refractivity contribution in [1.29, 1.82) is 5.26 Å². The van der Waals surface area contributed by atoms with Crippen LogP contribution < -0.4 is 5.32 Å². The highest BCUT2D eigenvalue weighted by Crippen LogP contribution is 2.48. The van der Waals surface area contributed by atoms with Gasteiger partial charge in [0.05, 0.1) is 33.3 Å². The number of halogens is 1. The van der Waals surface area contributed by atoms with Gasteiger partial charge in [0.1, 0.15) is 0 Å². The summed E-state index contributed by atoms with van der Waals surface area (Å²) in [7, 11) is 0. The van der Waals surface area contributed by atoms with Crippen molar-refractivity contribution in [2.45, 2.75) is 32.6 Å². The van der Waals surface area contributed by atoms with Crippen LogP contribution in [0.2, 0.25) is 5.02 Å². The first-order chi connectivity index (χ1) is 16.6. The summed E-state index contributed by atoms with van der Waals surface area (Å²) in [5.74, 6) is -0.899. The third-order valence-corrected chi connectivity index (χ3v) is 7.32. The number of dihydropyridines is 1. The molecule has 0 unspecified atom stereocenters. The number of hydrogen-bond donors (Lipinski definition) is 1. The number of nitrogens with one attached hydrogen (secondary N) is 1. The fourth-order valence-corrected chi connectivity index (χ4v) is 5.58. The van der Waals surface area contributed by atoms with Gasteiger partial charge in [-0.15, -0.1) is 0 Å². The number of nitro benzene ring substituents is 1. The van der Waals surface area contributed by atoms with Crippen LogP contribution in [0.15, 0.2) is 70.4 Å². The van der Waals surface area contributed by atoms with Gasteiger partial charge in [0.2, 0.25) is 0 Å². The van der Waals surface area contributed by atoms with Crippen LogP contribution in [0.3, 0.4) is 0 Å². The van der Waals surface area contributed by atoms with E-state index in [0.29, 0.717) is 45.3 Å². The lowest BCUT2D eigenvalue weighted by atomic mass is 9.69. The number of allylic oxidation sites excluding steroid dienone is 3. The lowest BCUT2D eigenvalue weighted by molar-refractivity contribution is -0.384. The Hall–Kier alpha value is -3.41. The van der Waals surface area contributed by atoms with E-state index >= 15 is 0 Å². The lowest BCUT2D eigenvalue weighted by Gasteiger charge is -2.39.